The molecule has 0 aliphatic heterocycles. The Balaban J connectivity index is 1.92. The zero-order chi connectivity index (χ0) is 13.7. The molecule has 1 amide bonds. The highest BCUT2D eigenvalue weighted by Gasteiger charge is 2.10. The van der Waals surface area contributed by atoms with Crippen LogP contribution in [0.2, 0.25) is 0 Å². The van der Waals surface area contributed by atoms with Gasteiger partial charge in [-0.2, -0.15) is 5.10 Å². The fourth-order valence-corrected chi connectivity index (χ4v) is 1.72. The van der Waals surface area contributed by atoms with Gasteiger partial charge in [0.25, 0.3) is 5.91 Å². The molecular weight excluding hydrogens is 242 g/mol. The maximum absolute atomic E-state index is 12.0. The molecule has 2 aromatic rings. The Morgan fingerprint density at radius 1 is 1.47 bits per heavy atom. The van der Waals surface area contributed by atoms with Crippen LogP contribution in [0.4, 0.5) is 5.82 Å². The predicted molar refractivity (Wildman–Crippen MR) is 72.9 cm³/mol. The van der Waals surface area contributed by atoms with E-state index in [1.54, 1.807) is 36.3 Å². The first kappa shape index (κ1) is 13.1. The van der Waals surface area contributed by atoms with Crippen LogP contribution in [0.1, 0.15) is 17.3 Å². The Morgan fingerprint density at radius 2 is 2.32 bits per heavy atom. The zero-order valence-corrected chi connectivity index (χ0v) is 11.0. The van der Waals surface area contributed by atoms with E-state index in [-0.39, 0.29) is 11.9 Å². The minimum absolute atomic E-state index is 0.00335. The van der Waals surface area contributed by atoms with Crippen molar-refractivity contribution in [2.75, 3.05) is 12.4 Å². The van der Waals surface area contributed by atoms with Gasteiger partial charge in [-0.05, 0) is 25.1 Å². The molecule has 0 spiro atoms. The minimum Gasteiger partial charge on any atom is -0.373 e. The van der Waals surface area contributed by atoms with Gasteiger partial charge in [-0.15, -0.1) is 0 Å². The monoisotopic (exact) mass is 259 g/mol. The quantitative estimate of drug-likeness (QED) is 0.844. The molecule has 0 aliphatic rings. The fourth-order valence-electron chi connectivity index (χ4n) is 1.72. The molecule has 6 nitrogen and oxygen atoms in total. The molecule has 2 rings (SSSR count). The van der Waals surface area contributed by atoms with Gasteiger partial charge in [0, 0.05) is 31.7 Å². The first-order valence-electron chi connectivity index (χ1n) is 6.11. The van der Waals surface area contributed by atoms with Gasteiger partial charge >= 0.3 is 0 Å². The third-order valence-corrected chi connectivity index (χ3v) is 2.68. The molecule has 0 fully saturated rings. The Morgan fingerprint density at radius 3 is 2.89 bits per heavy atom. The van der Waals surface area contributed by atoms with Crippen LogP contribution in [-0.4, -0.2) is 33.8 Å². The van der Waals surface area contributed by atoms with Gasteiger partial charge in [0.2, 0.25) is 0 Å². The average molecular weight is 259 g/mol. The van der Waals surface area contributed by atoms with E-state index in [4.69, 9.17) is 0 Å². The smallest absolute Gasteiger partial charge is 0.253 e. The maximum atomic E-state index is 12.0. The molecule has 6 heteroatoms. The summed E-state index contributed by atoms with van der Waals surface area (Å²) in [6.07, 6.45) is 5.14. The summed E-state index contributed by atoms with van der Waals surface area (Å²) in [6, 6.07) is 5.37. The average Bonchev–Trinajstić information content (AvgIpc) is 2.91. The summed E-state index contributed by atoms with van der Waals surface area (Å²) in [5.41, 5.74) is 0.548. The standard InChI is InChI=1S/C13H17N5O/c1-10(9-18-7-3-6-16-18)17-13(19)11-4-5-12(14-2)15-8-11/h3-8,10H,9H2,1-2H3,(H,14,15)(H,17,19). The van der Waals surface area contributed by atoms with Crippen molar-refractivity contribution in [3.05, 3.63) is 42.4 Å². The number of aromatic nitrogens is 3. The van der Waals surface area contributed by atoms with Crippen molar-refractivity contribution in [3.8, 4) is 0 Å². The molecular formula is C13H17N5O. The highest BCUT2D eigenvalue weighted by molar-refractivity contribution is 5.94. The van der Waals surface area contributed by atoms with Crippen molar-refractivity contribution < 1.29 is 4.79 Å². The minimum atomic E-state index is -0.130. The number of carbonyl (C=O) groups is 1. The summed E-state index contributed by atoms with van der Waals surface area (Å²) in [6.45, 7) is 2.58. The molecule has 0 saturated carbocycles. The van der Waals surface area contributed by atoms with E-state index in [0.29, 0.717) is 12.1 Å². The second-order valence-corrected chi connectivity index (χ2v) is 4.28. The van der Waals surface area contributed by atoms with E-state index in [1.165, 1.54) is 0 Å². The van der Waals surface area contributed by atoms with Crippen LogP contribution in [0.15, 0.2) is 36.8 Å². The van der Waals surface area contributed by atoms with E-state index >= 15 is 0 Å². The van der Waals surface area contributed by atoms with Crippen LogP contribution in [0, 0.1) is 0 Å². The Labute approximate surface area is 111 Å². The molecule has 0 bridgehead atoms. The predicted octanol–water partition coefficient (Wildman–Crippen LogP) is 1.14. The maximum Gasteiger partial charge on any atom is 0.253 e. The number of nitrogens with zero attached hydrogens (tertiary/aromatic N) is 3. The number of pyridine rings is 1. The lowest BCUT2D eigenvalue weighted by molar-refractivity contribution is 0.0935. The number of hydrogen-bond acceptors (Lipinski definition) is 4. The summed E-state index contributed by atoms with van der Waals surface area (Å²) >= 11 is 0. The van der Waals surface area contributed by atoms with E-state index < -0.39 is 0 Å². The van der Waals surface area contributed by atoms with Crippen molar-refractivity contribution in [2.24, 2.45) is 0 Å². The number of carbonyl (C=O) groups excluding carboxylic acids is 1. The second kappa shape index (κ2) is 5.99. The second-order valence-electron chi connectivity index (χ2n) is 4.28. The van der Waals surface area contributed by atoms with Crippen LogP contribution < -0.4 is 10.6 Å². The third-order valence-electron chi connectivity index (χ3n) is 2.68. The molecule has 1 atom stereocenters. The Hall–Kier alpha value is -2.37. The molecule has 0 aliphatic carbocycles. The summed E-state index contributed by atoms with van der Waals surface area (Å²) < 4.78 is 1.79. The molecule has 2 N–H and O–H groups in total. The van der Waals surface area contributed by atoms with Crippen LogP contribution in [-0.2, 0) is 6.54 Å². The van der Waals surface area contributed by atoms with Crippen molar-refractivity contribution in [2.45, 2.75) is 19.5 Å². The topological polar surface area (TPSA) is 71.8 Å². The van der Waals surface area contributed by atoms with Gasteiger partial charge in [-0.1, -0.05) is 0 Å². The fraction of sp³-hybridized carbons (Fsp3) is 0.308. The van der Waals surface area contributed by atoms with Crippen molar-refractivity contribution >= 4 is 11.7 Å². The lowest BCUT2D eigenvalue weighted by atomic mass is 10.2. The van der Waals surface area contributed by atoms with Crippen LogP contribution in [0.5, 0.6) is 0 Å². The van der Waals surface area contributed by atoms with Gasteiger partial charge < -0.3 is 10.6 Å². The summed E-state index contributed by atoms with van der Waals surface area (Å²) in [5, 5.41) is 9.92. The number of amides is 1. The highest BCUT2D eigenvalue weighted by Crippen LogP contribution is 2.04. The zero-order valence-electron chi connectivity index (χ0n) is 11.0. The SMILES string of the molecule is CNc1ccc(C(=O)NC(C)Cn2cccn2)cn1. The summed E-state index contributed by atoms with van der Waals surface area (Å²) in [5.74, 6) is 0.607. The first-order valence-corrected chi connectivity index (χ1v) is 6.11. The van der Waals surface area contributed by atoms with E-state index in [0.717, 1.165) is 5.82 Å². The van der Waals surface area contributed by atoms with Crippen LogP contribution in [0.25, 0.3) is 0 Å². The largest absolute Gasteiger partial charge is 0.373 e. The van der Waals surface area contributed by atoms with Gasteiger partial charge in [-0.3, -0.25) is 9.48 Å². The van der Waals surface area contributed by atoms with E-state index in [9.17, 15) is 4.79 Å². The summed E-state index contributed by atoms with van der Waals surface area (Å²) in [4.78, 5) is 16.1. The number of rotatable bonds is 5. The molecule has 0 aromatic carbocycles. The Bertz CT molecular complexity index is 520. The number of nitrogens with one attached hydrogen (secondary N) is 2. The van der Waals surface area contributed by atoms with Crippen LogP contribution >= 0.6 is 0 Å². The lowest BCUT2D eigenvalue weighted by Crippen LogP contribution is -2.35. The molecule has 2 heterocycles. The van der Waals surface area contributed by atoms with Crippen molar-refractivity contribution in [1.29, 1.82) is 0 Å². The van der Waals surface area contributed by atoms with Crippen LogP contribution in [0.3, 0.4) is 0 Å². The molecule has 1 unspecified atom stereocenters. The lowest BCUT2D eigenvalue weighted by Gasteiger charge is -2.14. The van der Waals surface area contributed by atoms with E-state index in [1.807, 2.05) is 19.2 Å². The number of hydrogen-bond donors (Lipinski definition) is 2. The van der Waals surface area contributed by atoms with Gasteiger partial charge in [0.05, 0.1) is 12.1 Å². The first-order chi connectivity index (χ1) is 9.19. The molecule has 100 valence electrons. The Kier molecular flexibility index (Phi) is 4.12. The molecule has 0 saturated heterocycles. The van der Waals surface area contributed by atoms with Gasteiger partial charge in [-0.25, -0.2) is 4.98 Å². The van der Waals surface area contributed by atoms with Gasteiger partial charge in [0.15, 0.2) is 0 Å². The molecule has 0 radical (unpaired) electrons. The third kappa shape index (κ3) is 3.54. The number of anilines is 1. The molecule has 2 aromatic heterocycles. The normalized spacial score (nSPS) is 11.9. The van der Waals surface area contributed by atoms with Crippen molar-refractivity contribution in [3.63, 3.8) is 0 Å². The van der Waals surface area contributed by atoms with Gasteiger partial charge in [0.1, 0.15) is 5.82 Å². The molecule has 19 heavy (non-hydrogen) atoms. The van der Waals surface area contributed by atoms with E-state index in [2.05, 4.69) is 20.7 Å². The highest BCUT2D eigenvalue weighted by atomic mass is 16.1. The summed E-state index contributed by atoms with van der Waals surface area (Å²) in [7, 11) is 1.79. The van der Waals surface area contributed by atoms with Crippen molar-refractivity contribution in [1.82, 2.24) is 20.1 Å².